The third-order valence-electron chi connectivity index (χ3n) is 1.91. The van der Waals surface area contributed by atoms with E-state index in [1.54, 1.807) is 0 Å². The Kier molecular flexibility index (Phi) is 4.97. The molecule has 1 atom stereocenters. The summed E-state index contributed by atoms with van der Waals surface area (Å²) in [6.45, 7) is 4.85. The molecule has 2 nitrogen and oxygen atoms in total. The topological polar surface area (TPSA) is 35.2 Å². The van der Waals surface area contributed by atoms with Crippen molar-refractivity contribution in [1.29, 1.82) is 0 Å². The Morgan fingerprint density at radius 3 is 2.71 bits per heavy atom. The lowest BCUT2D eigenvalue weighted by Crippen LogP contribution is -2.25. The van der Waals surface area contributed by atoms with Gasteiger partial charge in [-0.05, 0) is 12.0 Å². The van der Waals surface area contributed by atoms with E-state index < -0.39 is 0 Å². The van der Waals surface area contributed by atoms with Crippen molar-refractivity contribution in [3.05, 3.63) is 48.6 Å². The van der Waals surface area contributed by atoms with E-state index in [4.69, 9.17) is 10.5 Å². The molecule has 0 fully saturated rings. The molecule has 0 aliphatic carbocycles. The highest BCUT2D eigenvalue weighted by molar-refractivity contribution is 5.13. The Balaban J connectivity index is 2.18. The quantitative estimate of drug-likeness (QED) is 0.699. The predicted octanol–water partition coefficient (Wildman–Crippen LogP) is 2.11. The van der Waals surface area contributed by atoms with Crippen LogP contribution in [-0.2, 0) is 11.3 Å². The summed E-state index contributed by atoms with van der Waals surface area (Å²) in [6, 6.07) is 10.1. The van der Waals surface area contributed by atoms with Crippen molar-refractivity contribution in [2.75, 3.05) is 6.61 Å². The fourth-order valence-corrected chi connectivity index (χ4v) is 1.18. The lowest BCUT2D eigenvalue weighted by molar-refractivity contribution is 0.108. The van der Waals surface area contributed by atoms with Crippen LogP contribution < -0.4 is 5.73 Å². The molecule has 0 amide bonds. The Morgan fingerprint density at radius 2 is 2.07 bits per heavy atom. The van der Waals surface area contributed by atoms with Gasteiger partial charge in [-0.1, -0.05) is 36.4 Å². The third-order valence-corrected chi connectivity index (χ3v) is 1.91. The van der Waals surface area contributed by atoms with Gasteiger partial charge in [-0.25, -0.2) is 0 Å². The number of benzene rings is 1. The van der Waals surface area contributed by atoms with Crippen molar-refractivity contribution >= 4 is 0 Å². The van der Waals surface area contributed by atoms with Crippen LogP contribution in [0, 0.1) is 0 Å². The minimum absolute atomic E-state index is 0.0659. The summed E-state index contributed by atoms with van der Waals surface area (Å²) < 4.78 is 5.46. The maximum Gasteiger partial charge on any atom is 0.0717 e. The van der Waals surface area contributed by atoms with Gasteiger partial charge in [-0.3, -0.25) is 0 Å². The largest absolute Gasteiger partial charge is 0.375 e. The van der Waals surface area contributed by atoms with Crippen LogP contribution in [0.4, 0.5) is 0 Å². The van der Waals surface area contributed by atoms with Gasteiger partial charge in [0.2, 0.25) is 0 Å². The molecule has 1 aromatic carbocycles. The minimum Gasteiger partial charge on any atom is -0.375 e. The SMILES string of the molecule is C=CCC(N)COCc1ccccc1. The molecule has 0 saturated carbocycles. The van der Waals surface area contributed by atoms with Crippen LogP contribution >= 0.6 is 0 Å². The molecule has 2 heteroatoms. The van der Waals surface area contributed by atoms with E-state index in [9.17, 15) is 0 Å². The molecular weight excluding hydrogens is 174 g/mol. The van der Waals surface area contributed by atoms with E-state index in [2.05, 4.69) is 6.58 Å². The molecule has 14 heavy (non-hydrogen) atoms. The van der Waals surface area contributed by atoms with Crippen LogP contribution in [0.1, 0.15) is 12.0 Å². The van der Waals surface area contributed by atoms with E-state index in [1.165, 1.54) is 5.56 Å². The van der Waals surface area contributed by atoms with Crippen LogP contribution in [0.3, 0.4) is 0 Å². The zero-order chi connectivity index (χ0) is 10.2. The number of nitrogens with two attached hydrogens (primary N) is 1. The van der Waals surface area contributed by atoms with Gasteiger partial charge in [-0.2, -0.15) is 0 Å². The van der Waals surface area contributed by atoms with Crippen molar-refractivity contribution in [3.63, 3.8) is 0 Å². The fraction of sp³-hybridized carbons (Fsp3) is 0.333. The van der Waals surface area contributed by atoms with Gasteiger partial charge in [0, 0.05) is 6.04 Å². The second-order valence-electron chi connectivity index (χ2n) is 3.29. The predicted molar refractivity (Wildman–Crippen MR) is 58.9 cm³/mol. The van der Waals surface area contributed by atoms with Crippen LogP contribution in [-0.4, -0.2) is 12.6 Å². The van der Waals surface area contributed by atoms with Gasteiger partial charge in [0.15, 0.2) is 0 Å². The van der Waals surface area contributed by atoms with E-state index in [-0.39, 0.29) is 6.04 Å². The van der Waals surface area contributed by atoms with Crippen LogP contribution in [0.2, 0.25) is 0 Å². The zero-order valence-electron chi connectivity index (χ0n) is 8.36. The Labute approximate surface area is 85.4 Å². The molecular formula is C12H17NO. The van der Waals surface area contributed by atoms with Crippen molar-refractivity contribution in [1.82, 2.24) is 0 Å². The monoisotopic (exact) mass is 191 g/mol. The maximum absolute atomic E-state index is 5.75. The van der Waals surface area contributed by atoms with E-state index >= 15 is 0 Å². The molecule has 0 saturated heterocycles. The highest BCUT2D eigenvalue weighted by atomic mass is 16.5. The van der Waals surface area contributed by atoms with Gasteiger partial charge in [-0.15, -0.1) is 6.58 Å². The molecule has 0 aromatic heterocycles. The molecule has 1 unspecified atom stereocenters. The minimum atomic E-state index is 0.0659. The average Bonchev–Trinajstić information content (AvgIpc) is 2.20. The van der Waals surface area contributed by atoms with Crippen LogP contribution in [0.5, 0.6) is 0 Å². The standard InChI is InChI=1S/C12H17NO/c1-2-6-12(13)10-14-9-11-7-4-3-5-8-11/h2-5,7-8,12H,1,6,9-10,13H2. The van der Waals surface area contributed by atoms with Crippen molar-refractivity contribution in [3.8, 4) is 0 Å². The molecule has 0 aliphatic heterocycles. The first kappa shape index (κ1) is 11.0. The zero-order valence-corrected chi connectivity index (χ0v) is 8.36. The molecule has 0 aliphatic rings. The molecule has 0 bridgehead atoms. The molecule has 0 spiro atoms. The highest BCUT2D eigenvalue weighted by Crippen LogP contribution is 2.01. The van der Waals surface area contributed by atoms with Crippen molar-refractivity contribution in [2.24, 2.45) is 5.73 Å². The summed E-state index contributed by atoms with van der Waals surface area (Å²) in [5.41, 5.74) is 6.93. The van der Waals surface area contributed by atoms with Gasteiger partial charge >= 0.3 is 0 Å². The number of rotatable bonds is 6. The van der Waals surface area contributed by atoms with Crippen molar-refractivity contribution < 1.29 is 4.74 Å². The number of hydrogen-bond donors (Lipinski definition) is 1. The van der Waals surface area contributed by atoms with E-state index in [0.717, 1.165) is 6.42 Å². The molecule has 0 heterocycles. The summed E-state index contributed by atoms with van der Waals surface area (Å²) in [5.74, 6) is 0. The number of hydrogen-bond acceptors (Lipinski definition) is 2. The van der Waals surface area contributed by atoms with Crippen molar-refractivity contribution in [2.45, 2.75) is 19.1 Å². The second kappa shape index (κ2) is 6.35. The second-order valence-corrected chi connectivity index (χ2v) is 3.29. The summed E-state index contributed by atoms with van der Waals surface area (Å²) in [4.78, 5) is 0. The first-order valence-electron chi connectivity index (χ1n) is 4.81. The summed E-state index contributed by atoms with van der Waals surface area (Å²) in [5, 5.41) is 0. The lowest BCUT2D eigenvalue weighted by Gasteiger charge is -2.09. The summed E-state index contributed by atoms with van der Waals surface area (Å²) in [7, 11) is 0. The Bertz CT molecular complexity index is 258. The molecule has 1 aromatic rings. The molecule has 76 valence electrons. The van der Waals surface area contributed by atoms with Gasteiger partial charge in [0.05, 0.1) is 13.2 Å². The van der Waals surface area contributed by atoms with Gasteiger partial charge in [0.25, 0.3) is 0 Å². The molecule has 2 N–H and O–H groups in total. The smallest absolute Gasteiger partial charge is 0.0717 e. The molecule has 1 rings (SSSR count). The summed E-state index contributed by atoms with van der Waals surface area (Å²) in [6.07, 6.45) is 2.62. The average molecular weight is 191 g/mol. The van der Waals surface area contributed by atoms with Crippen LogP contribution in [0.25, 0.3) is 0 Å². The van der Waals surface area contributed by atoms with E-state index in [1.807, 2.05) is 36.4 Å². The van der Waals surface area contributed by atoms with Gasteiger partial charge < -0.3 is 10.5 Å². The normalized spacial score (nSPS) is 12.4. The van der Waals surface area contributed by atoms with Crippen LogP contribution in [0.15, 0.2) is 43.0 Å². The molecule has 0 radical (unpaired) electrons. The lowest BCUT2D eigenvalue weighted by atomic mass is 10.2. The fourth-order valence-electron chi connectivity index (χ4n) is 1.18. The third kappa shape index (κ3) is 4.21. The van der Waals surface area contributed by atoms with Gasteiger partial charge in [0.1, 0.15) is 0 Å². The Morgan fingerprint density at radius 1 is 1.36 bits per heavy atom. The first-order valence-corrected chi connectivity index (χ1v) is 4.81. The highest BCUT2D eigenvalue weighted by Gasteiger charge is 1.99. The van der Waals surface area contributed by atoms with E-state index in [0.29, 0.717) is 13.2 Å². The number of ether oxygens (including phenoxy) is 1. The maximum atomic E-state index is 5.75. The summed E-state index contributed by atoms with van der Waals surface area (Å²) >= 11 is 0. The Hall–Kier alpha value is -1.12. The first-order chi connectivity index (χ1) is 6.83.